The highest BCUT2D eigenvalue weighted by Crippen LogP contribution is 2.21. The molecule has 7 nitrogen and oxygen atoms in total. The molecule has 8 heteroatoms. The molecule has 136 valence electrons. The van der Waals surface area contributed by atoms with E-state index >= 15 is 0 Å². The molecule has 2 N–H and O–H groups in total. The zero-order valence-corrected chi connectivity index (χ0v) is 15.4. The SMILES string of the molecule is C[C@@H](C(=O)NCc1nc2ccccc2[nH]1)n1nc(-c2cccs2)ccc1=O. The first kappa shape index (κ1) is 17.2. The summed E-state index contributed by atoms with van der Waals surface area (Å²) in [5.41, 5.74) is 2.11. The van der Waals surface area contributed by atoms with Crippen LogP contribution in [0.3, 0.4) is 0 Å². The van der Waals surface area contributed by atoms with E-state index in [0.29, 0.717) is 11.5 Å². The van der Waals surface area contributed by atoms with Gasteiger partial charge in [0.05, 0.1) is 22.5 Å². The molecule has 0 fully saturated rings. The molecule has 0 spiro atoms. The van der Waals surface area contributed by atoms with Crippen LogP contribution in [0, 0.1) is 0 Å². The minimum Gasteiger partial charge on any atom is -0.347 e. The summed E-state index contributed by atoms with van der Waals surface area (Å²) in [6.07, 6.45) is 0. The van der Waals surface area contributed by atoms with Crippen molar-refractivity contribution in [1.29, 1.82) is 0 Å². The lowest BCUT2D eigenvalue weighted by molar-refractivity contribution is -0.124. The van der Waals surface area contributed by atoms with E-state index < -0.39 is 6.04 Å². The molecule has 0 radical (unpaired) electrons. The van der Waals surface area contributed by atoms with E-state index in [0.717, 1.165) is 15.9 Å². The second kappa shape index (κ2) is 7.16. The summed E-state index contributed by atoms with van der Waals surface area (Å²) < 4.78 is 1.21. The quantitative estimate of drug-likeness (QED) is 0.558. The summed E-state index contributed by atoms with van der Waals surface area (Å²) in [6, 6.07) is 13.9. The second-order valence-corrected chi connectivity index (χ2v) is 7.02. The number of H-pyrrole nitrogens is 1. The van der Waals surface area contributed by atoms with Crippen molar-refractivity contribution in [3.8, 4) is 10.6 Å². The molecule has 1 amide bonds. The maximum Gasteiger partial charge on any atom is 0.267 e. The van der Waals surface area contributed by atoms with Gasteiger partial charge in [0.1, 0.15) is 17.6 Å². The van der Waals surface area contributed by atoms with Gasteiger partial charge >= 0.3 is 0 Å². The maximum absolute atomic E-state index is 12.5. The highest BCUT2D eigenvalue weighted by molar-refractivity contribution is 7.13. The molecule has 27 heavy (non-hydrogen) atoms. The van der Waals surface area contributed by atoms with Gasteiger partial charge in [-0.1, -0.05) is 18.2 Å². The first-order valence-corrected chi connectivity index (χ1v) is 9.35. The summed E-state index contributed by atoms with van der Waals surface area (Å²) >= 11 is 1.53. The summed E-state index contributed by atoms with van der Waals surface area (Å²) in [7, 11) is 0. The number of rotatable bonds is 5. The predicted molar refractivity (Wildman–Crippen MR) is 104 cm³/mol. The number of fused-ring (bicyclic) bond motifs is 1. The van der Waals surface area contributed by atoms with Crippen LogP contribution in [-0.2, 0) is 11.3 Å². The number of hydrogen-bond donors (Lipinski definition) is 2. The molecular weight excluding hydrogens is 362 g/mol. The largest absolute Gasteiger partial charge is 0.347 e. The number of aromatic nitrogens is 4. The molecular formula is C19H17N5O2S. The van der Waals surface area contributed by atoms with E-state index in [9.17, 15) is 9.59 Å². The lowest BCUT2D eigenvalue weighted by Crippen LogP contribution is -2.36. The van der Waals surface area contributed by atoms with Gasteiger partial charge in [-0.25, -0.2) is 9.67 Å². The standard InChI is InChI=1S/C19H17N5O2S/c1-12(24-18(25)9-8-15(23-24)16-7-4-10-27-16)19(26)20-11-17-21-13-5-2-3-6-14(13)22-17/h2-10,12H,11H2,1H3,(H,20,26)(H,21,22)/t12-/m0/s1. The number of benzene rings is 1. The smallest absolute Gasteiger partial charge is 0.267 e. The first-order chi connectivity index (χ1) is 13.1. The maximum atomic E-state index is 12.5. The van der Waals surface area contributed by atoms with Gasteiger partial charge in [-0.3, -0.25) is 9.59 Å². The van der Waals surface area contributed by atoms with Crippen LogP contribution in [-0.4, -0.2) is 25.7 Å². The van der Waals surface area contributed by atoms with E-state index in [4.69, 9.17) is 0 Å². The predicted octanol–water partition coefficient (Wildman–Crippen LogP) is 2.73. The first-order valence-electron chi connectivity index (χ1n) is 8.47. The third-order valence-corrected chi connectivity index (χ3v) is 5.11. The summed E-state index contributed by atoms with van der Waals surface area (Å²) in [5, 5.41) is 9.11. The average molecular weight is 379 g/mol. The van der Waals surface area contributed by atoms with Crippen molar-refractivity contribution in [1.82, 2.24) is 25.1 Å². The van der Waals surface area contributed by atoms with Gasteiger partial charge in [-0.05, 0) is 36.6 Å². The van der Waals surface area contributed by atoms with Crippen LogP contribution in [0.1, 0.15) is 18.8 Å². The lowest BCUT2D eigenvalue weighted by atomic mass is 10.3. The Kier molecular flexibility index (Phi) is 4.55. The fourth-order valence-electron chi connectivity index (χ4n) is 2.78. The fourth-order valence-corrected chi connectivity index (χ4v) is 3.47. The van der Waals surface area contributed by atoms with E-state index in [1.54, 1.807) is 13.0 Å². The monoisotopic (exact) mass is 379 g/mol. The summed E-state index contributed by atoms with van der Waals surface area (Å²) in [6.45, 7) is 1.90. The van der Waals surface area contributed by atoms with Crippen molar-refractivity contribution in [2.45, 2.75) is 19.5 Å². The van der Waals surface area contributed by atoms with Crippen LogP contribution in [0.5, 0.6) is 0 Å². The number of hydrogen-bond acceptors (Lipinski definition) is 5. The molecule has 0 unspecified atom stereocenters. The molecule has 0 bridgehead atoms. The van der Waals surface area contributed by atoms with Crippen LogP contribution >= 0.6 is 11.3 Å². The Morgan fingerprint density at radius 3 is 2.85 bits per heavy atom. The van der Waals surface area contributed by atoms with E-state index in [-0.39, 0.29) is 18.0 Å². The molecule has 4 aromatic rings. The number of carbonyl (C=O) groups excluding carboxylic acids is 1. The number of carbonyl (C=O) groups is 1. The van der Waals surface area contributed by atoms with E-state index in [1.165, 1.54) is 22.1 Å². The van der Waals surface area contributed by atoms with Gasteiger partial charge in [0.25, 0.3) is 5.56 Å². The van der Waals surface area contributed by atoms with Gasteiger partial charge in [-0.15, -0.1) is 11.3 Å². The number of amides is 1. The number of aromatic amines is 1. The van der Waals surface area contributed by atoms with Crippen LogP contribution in [0.25, 0.3) is 21.6 Å². The van der Waals surface area contributed by atoms with Crippen LogP contribution in [0.15, 0.2) is 58.7 Å². The highest BCUT2D eigenvalue weighted by atomic mass is 32.1. The van der Waals surface area contributed by atoms with Gasteiger partial charge in [0.2, 0.25) is 5.91 Å². The Morgan fingerprint density at radius 1 is 1.22 bits per heavy atom. The molecule has 0 saturated carbocycles. The van der Waals surface area contributed by atoms with E-state index in [2.05, 4.69) is 20.4 Å². The minimum atomic E-state index is -0.734. The topological polar surface area (TPSA) is 92.7 Å². The van der Waals surface area contributed by atoms with Crippen molar-refractivity contribution in [3.63, 3.8) is 0 Å². The van der Waals surface area contributed by atoms with Crippen molar-refractivity contribution in [2.24, 2.45) is 0 Å². The lowest BCUT2D eigenvalue weighted by Gasteiger charge is -2.14. The van der Waals surface area contributed by atoms with Crippen molar-refractivity contribution in [3.05, 3.63) is 70.1 Å². The van der Waals surface area contributed by atoms with Gasteiger partial charge in [0.15, 0.2) is 0 Å². The Labute approximate surface area is 158 Å². The second-order valence-electron chi connectivity index (χ2n) is 6.07. The molecule has 0 aliphatic rings. The molecule has 3 aromatic heterocycles. The third-order valence-electron chi connectivity index (χ3n) is 4.21. The van der Waals surface area contributed by atoms with E-state index in [1.807, 2.05) is 41.8 Å². The Bertz CT molecular complexity index is 1110. The van der Waals surface area contributed by atoms with Crippen LogP contribution in [0.2, 0.25) is 0 Å². The average Bonchev–Trinajstić information content (AvgIpc) is 3.35. The molecule has 3 heterocycles. The van der Waals surface area contributed by atoms with Crippen molar-refractivity contribution >= 4 is 28.3 Å². The minimum absolute atomic E-state index is 0.247. The highest BCUT2D eigenvalue weighted by Gasteiger charge is 2.18. The number of nitrogens with zero attached hydrogens (tertiary/aromatic N) is 3. The Hall–Kier alpha value is -3.26. The van der Waals surface area contributed by atoms with Gasteiger partial charge < -0.3 is 10.3 Å². The Balaban J connectivity index is 1.50. The molecule has 0 saturated heterocycles. The fraction of sp³-hybridized carbons (Fsp3) is 0.158. The zero-order valence-electron chi connectivity index (χ0n) is 14.5. The van der Waals surface area contributed by atoms with Crippen LogP contribution < -0.4 is 10.9 Å². The number of thiophene rings is 1. The Morgan fingerprint density at radius 2 is 2.07 bits per heavy atom. The van der Waals surface area contributed by atoms with Crippen molar-refractivity contribution < 1.29 is 4.79 Å². The normalized spacial score (nSPS) is 12.2. The number of imidazole rings is 1. The summed E-state index contributed by atoms with van der Waals surface area (Å²) in [4.78, 5) is 33.2. The number of para-hydroxylation sites is 2. The molecule has 4 rings (SSSR count). The molecule has 0 aliphatic heterocycles. The zero-order chi connectivity index (χ0) is 18.8. The third kappa shape index (κ3) is 3.52. The number of nitrogens with one attached hydrogen (secondary N) is 2. The van der Waals surface area contributed by atoms with Gasteiger partial charge in [0, 0.05) is 6.07 Å². The molecule has 1 atom stereocenters. The summed E-state index contributed by atoms with van der Waals surface area (Å²) in [5.74, 6) is 0.359. The molecule has 0 aliphatic carbocycles. The van der Waals surface area contributed by atoms with Crippen molar-refractivity contribution in [2.75, 3.05) is 0 Å². The van der Waals surface area contributed by atoms with Crippen LogP contribution in [0.4, 0.5) is 0 Å². The van der Waals surface area contributed by atoms with Gasteiger partial charge in [-0.2, -0.15) is 5.10 Å². The molecule has 1 aromatic carbocycles.